The zero-order valence-electron chi connectivity index (χ0n) is 10.2. The third kappa shape index (κ3) is 3.42. The number of nitrogens with two attached hydrogens (primary N) is 2. The lowest BCUT2D eigenvalue weighted by atomic mass is 10.3. The largest absolute Gasteiger partial charge is 0.382 e. The van der Waals surface area contributed by atoms with Crippen molar-refractivity contribution < 1.29 is 4.79 Å². The number of aromatic nitrogens is 2. The highest BCUT2D eigenvalue weighted by Crippen LogP contribution is 2.11. The van der Waals surface area contributed by atoms with Gasteiger partial charge in [-0.15, -0.1) is 0 Å². The van der Waals surface area contributed by atoms with Gasteiger partial charge in [0, 0.05) is 0 Å². The fourth-order valence-corrected chi connectivity index (χ4v) is 1.52. The summed E-state index contributed by atoms with van der Waals surface area (Å²) in [4.78, 5) is 23.4. The number of nitrogens with one attached hydrogen (secondary N) is 1. The van der Waals surface area contributed by atoms with Crippen molar-refractivity contribution in [3.63, 3.8) is 0 Å². The van der Waals surface area contributed by atoms with Crippen molar-refractivity contribution in [2.75, 3.05) is 5.73 Å². The van der Waals surface area contributed by atoms with Crippen molar-refractivity contribution in [2.24, 2.45) is 10.7 Å². The number of amides is 1. The molecule has 20 heavy (non-hydrogen) atoms. The van der Waals surface area contributed by atoms with E-state index in [1.54, 1.807) is 24.3 Å². The first-order valence-corrected chi connectivity index (χ1v) is 5.92. The van der Waals surface area contributed by atoms with Gasteiger partial charge < -0.3 is 11.5 Å². The van der Waals surface area contributed by atoms with E-state index in [1.165, 1.54) is 6.20 Å². The zero-order chi connectivity index (χ0) is 14.5. The maximum atomic E-state index is 11.9. The maximum absolute atomic E-state index is 11.9. The molecule has 5 N–H and O–H groups in total. The van der Waals surface area contributed by atoms with Crippen LogP contribution < -0.4 is 16.8 Å². The molecule has 1 heterocycles. The maximum Gasteiger partial charge on any atom is 0.280 e. The molecule has 0 saturated heterocycles. The van der Waals surface area contributed by atoms with E-state index in [2.05, 4.69) is 20.3 Å². The molecule has 0 radical (unpaired) electrons. The molecule has 0 spiro atoms. The number of guanidine groups is 1. The summed E-state index contributed by atoms with van der Waals surface area (Å²) in [7, 11) is 0. The fraction of sp³-hybridized carbons (Fsp3) is 0. The zero-order valence-corrected chi connectivity index (χ0v) is 11.0. The average Bonchev–Trinajstić information content (AvgIpc) is 2.42. The van der Waals surface area contributed by atoms with Crippen molar-refractivity contribution in [2.45, 2.75) is 0 Å². The number of nitrogens with zero attached hydrogens (tertiary/aromatic N) is 3. The number of carbonyl (C=O) groups excluding carboxylic acids is 1. The molecule has 8 heteroatoms. The van der Waals surface area contributed by atoms with Crippen LogP contribution in [0.1, 0.15) is 10.5 Å². The summed E-state index contributed by atoms with van der Waals surface area (Å²) in [6.45, 7) is 0. The van der Waals surface area contributed by atoms with Crippen molar-refractivity contribution in [3.05, 3.63) is 47.4 Å². The molecule has 0 fully saturated rings. The normalized spacial score (nSPS) is 11.2. The van der Waals surface area contributed by atoms with Gasteiger partial charge in [-0.1, -0.05) is 29.8 Å². The second-order valence-corrected chi connectivity index (χ2v) is 4.10. The van der Waals surface area contributed by atoms with Crippen LogP contribution >= 0.6 is 11.6 Å². The highest BCUT2D eigenvalue weighted by molar-refractivity contribution is 6.29. The monoisotopic (exact) mass is 290 g/mol. The van der Waals surface area contributed by atoms with E-state index >= 15 is 0 Å². The number of halogens is 1. The Kier molecular flexibility index (Phi) is 4.11. The van der Waals surface area contributed by atoms with Crippen LogP contribution in [0.3, 0.4) is 0 Å². The Morgan fingerprint density at radius 1 is 1.30 bits per heavy atom. The summed E-state index contributed by atoms with van der Waals surface area (Å²) in [6, 6.07) is 8.93. The molecular formula is C12H11ClN6O. The fourth-order valence-electron chi connectivity index (χ4n) is 1.39. The van der Waals surface area contributed by atoms with E-state index in [0.717, 1.165) is 0 Å². The summed E-state index contributed by atoms with van der Waals surface area (Å²) < 4.78 is 0. The predicted octanol–water partition coefficient (Wildman–Crippen LogP) is 1.09. The second kappa shape index (κ2) is 5.98. The van der Waals surface area contributed by atoms with Crippen LogP contribution in [0.15, 0.2) is 41.5 Å². The number of hydrogen-bond donors (Lipinski definition) is 3. The summed E-state index contributed by atoms with van der Waals surface area (Å²) in [5.41, 5.74) is 11.7. The number of anilines is 1. The minimum atomic E-state index is -0.630. The van der Waals surface area contributed by atoms with Crippen LogP contribution in [0, 0.1) is 0 Å². The summed E-state index contributed by atoms with van der Waals surface area (Å²) in [5.74, 6) is -0.753. The van der Waals surface area contributed by atoms with Crippen LogP contribution in [-0.2, 0) is 0 Å². The van der Waals surface area contributed by atoms with Crippen LogP contribution in [0.5, 0.6) is 0 Å². The van der Waals surface area contributed by atoms with Crippen LogP contribution in [0.2, 0.25) is 5.15 Å². The molecule has 0 atom stereocenters. The molecule has 102 valence electrons. The number of nitrogen functional groups attached to an aromatic ring is 1. The molecule has 7 nitrogen and oxygen atoms in total. The van der Waals surface area contributed by atoms with Crippen LogP contribution in [0.25, 0.3) is 0 Å². The van der Waals surface area contributed by atoms with E-state index in [4.69, 9.17) is 23.1 Å². The lowest BCUT2D eigenvalue weighted by Gasteiger charge is -2.05. The van der Waals surface area contributed by atoms with E-state index in [0.29, 0.717) is 5.69 Å². The molecule has 2 rings (SSSR count). The first kappa shape index (κ1) is 13.8. The van der Waals surface area contributed by atoms with E-state index < -0.39 is 5.91 Å². The van der Waals surface area contributed by atoms with Crippen molar-refractivity contribution >= 4 is 35.0 Å². The molecule has 0 aliphatic carbocycles. The van der Waals surface area contributed by atoms with E-state index in [-0.39, 0.29) is 22.6 Å². The molecule has 0 aliphatic rings. The molecular weight excluding hydrogens is 280 g/mol. The molecule has 1 aromatic heterocycles. The highest BCUT2D eigenvalue weighted by Gasteiger charge is 2.14. The topological polar surface area (TPSA) is 119 Å². The number of carbonyl (C=O) groups is 1. The highest BCUT2D eigenvalue weighted by atomic mass is 35.5. The third-order valence-corrected chi connectivity index (χ3v) is 2.42. The van der Waals surface area contributed by atoms with Gasteiger partial charge in [0.05, 0.1) is 11.9 Å². The van der Waals surface area contributed by atoms with Crippen molar-refractivity contribution in [1.29, 1.82) is 0 Å². The standard InChI is InChI=1S/C12H11ClN6O/c13-8-6-16-10(14)9(18-8)11(20)19-12(15)17-7-4-2-1-3-5-7/h1-6H,(H2,14,16)(H3,15,17,19,20). The van der Waals surface area contributed by atoms with Crippen LogP contribution in [0.4, 0.5) is 11.5 Å². The number of hydrogen-bond acceptors (Lipinski definition) is 5. The molecule has 1 aromatic carbocycles. The Morgan fingerprint density at radius 3 is 2.70 bits per heavy atom. The predicted molar refractivity (Wildman–Crippen MR) is 76.6 cm³/mol. The van der Waals surface area contributed by atoms with Gasteiger partial charge in [-0.3, -0.25) is 10.1 Å². The Labute approximate surface area is 119 Å². The van der Waals surface area contributed by atoms with Gasteiger partial charge >= 0.3 is 0 Å². The number of para-hydroxylation sites is 1. The van der Waals surface area contributed by atoms with E-state index in [9.17, 15) is 4.79 Å². The molecule has 0 aliphatic heterocycles. The summed E-state index contributed by atoms with van der Waals surface area (Å²) in [6.07, 6.45) is 1.25. The first-order valence-electron chi connectivity index (χ1n) is 5.55. The van der Waals surface area contributed by atoms with Crippen LogP contribution in [-0.4, -0.2) is 21.8 Å². The lowest BCUT2D eigenvalue weighted by Crippen LogP contribution is -2.37. The lowest BCUT2D eigenvalue weighted by molar-refractivity contribution is 0.0972. The number of benzene rings is 1. The minimum Gasteiger partial charge on any atom is -0.382 e. The molecule has 0 bridgehead atoms. The number of rotatable bonds is 2. The average molecular weight is 291 g/mol. The van der Waals surface area contributed by atoms with Gasteiger partial charge in [0.2, 0.25) is 5.96 Å². The molecule has 0 saturated carbocycles. The van der Waals surface area contributed by atoms with Gasteiger partial charge in [-0.05, 0) is 12.1 Å². The smallest absolute Gasteiger partial charge is 0.280 e. The molecule has 0 unspecified atom stereocenters. The third-order valence-electron chi connectivity index (χ3n) is 2.23. The quantitative estimate of drug-likeness (QED) is 0.565. The Morgan fingerprint density at radius 2 is 2.00 bits per heavy atom. The van der Waals surface area contributed by atoms with Gasteiger partial charge in [-0.2, -0.15) is 0 Å². The van der Waals surface area contributed by atoms with Crippen molar-refractivity contribution in [3.8, 4) is 0 Å². The van der Waals surface area contributed by atoms with Gasteiger partial charge in [0.15, 0.2) is 11.5 Å². The summed E-state index contributed by atoms with van der Waals surface area (Å²) >= 11 is 5.66. The molecule has 2 aromatic rings. The minimum absolute atomic E-state index is 0.0422. The Hall–Kier alpha value is -2.67. The van der Waals surface area contributed by atoms with Crippen molar-refractivity contribution in [1.82, 2.24) is 15.3 Å². The Balaban J connectivity index is 2.15. The SMILES string of the molecule is NC(=Nc1ccccc1)NC(=O)c1nc(Cl)cnc1N. The Bertz CT molecular complexity index is 658. The second-order valence-electron chi connectivity index (χ2n) is 3.71. The van der Waals surface area contributed by atoms with Gasteiger partial charge in [-0.25, -0.2) is 15.0 Å². The van der Waals surface area contributed by atoms with Gasteiger partial charge in [0.25, 0.3) is 5.91 Å². The van der Waals surface area contributed by atoms with E-state index in [1.807, 2.05) is 6.07 Å². The summed E-state index contributed by atoms with van der Waals surface area (Å²) in [5, 5.41) is 2.42. The molecule has 1 amide bonds. The first-order chi connectivity index (χ1) is 9.56. The van der Waals surface area contributed by atoms with Gasteiger partial charge in [0.1, 0.15) is 5.15 Å². The number of aliphatic imine (C=N–C) groups is 1.